The smallest absolute Gasteiger partial charge is 0.445 e. The van der Waals surface area contributed by atoms with Crippen molar-refractivity contribution in [3.8, 4) is 0 Å². The van der Waals surface area contributed by atoms with Gasteiger partial charge in [-0.15, -0.1) is 5.46 Å². The summed E-state index contributed by atoms with van der Waals surface area (Å²) in [6.45, 7) is -5.16. The Balaban J connectivity index is 0.00000196. The van der Waals surface area contributed by atoms with Crippen LogP contribution in [0.2, 0.25) is 0 Å². The number of nitrogens with two attached hydrogens (primary N) is 1. The van der Waals surface area contributed by atoms with Gasteiger partial charge in [-0.05, 0) is 0 Å². The summed E-state index contributed by atoms with van der Waals surface area (Å²) in [6.07, 6.45) is 0. The van der Waals surface area contributed by atoms with Crippen LogP contribution < -0.4 is 62.6 Å². The SMILES string of the molecule is Nc1cc([B-](F)(F)F)ccc1[N+](=O)[O-].[K+]. The van der Waals surface area contributed by atoms with Crippen molar-refractivity contribution < 1.29 is 69.3 Å². The predicted octanol–water partition coefficient (Wildman–Crippen LogP) is -1.76. The van der Waals surface area contributed by atoms with E-state index in [4.69, 9.17) is 5.73 Å². The fourth-order valence-corrected chi connectivity index (χ4v) is 0.943. The Kier molecular flexibility index (Phi) is 5.27. The van der Waals surface area contributed by atoms with Crippen LogP contribution >= 0.6 is 0 Å². The first kappa shape index (κ1) is 14.9. The van der Waals surface area contributed by atoms with Crippen LogP contribution in [0.3, 0.4) is 0 Å². The molecular weight excluding hydrogens is 239 g/mol. The largest absolute Gasteiger partial charge is 1.00 e. The molecule has 0 atom stereocenters. The molecule has 4 nitrogen and oxygen atoms in total. The first-order chi connectivity index (χ1) is 6.32. The van der Waals surface area contributed by atoms with Gasteiger partial charge in [-0.1, -0.05) is 12.1 Å². The summed E-state index contributed by atoms with van der Waals surface area (Å²) < 4.78 is 36.4. The number of nitrogen functional groups attached to an aromatic ring is 1. The van der Waals surface area contributed by atoms with Gasteiger partial charge in [-0.2, -0.15) is 0 Å². The van der Waals surface area contributed by atoms with E-state index in [1.54, 1.807) is 0 Å². The van der Waals surface area contributed by atoms with Gasteiger partial charge in [0.25, 0.3) is 5.69 Å². The molecule has 0 bridgehead atoms. The van der Waals surface area contributed by atoms with Crippen LogP contribution in [-0.4, -0.2) is 11.9 Å². The topological polar surface area (TPSA) is 69.2 Å². The first-order valence-electron chi connectivity index (χ1n) is 3.56. The van der Waals surface area contributed by atoms with E-state index >= 15 is 0 Å². The second-order valence-electron chi connectivity index (χ2n) is 2.65. The van der Waals surface area contributed by atoms with Crippen LogP contribution in [0.5, 0.6) is 0 Å². The Morgan fingerprint density at radius 1 is 1.33 bits per heavy atom. The van der Waals surface area contributed by atoms with Gasteiger partial charge in [0, 0.05) is 6.07 Å². The van der Waals surface area contributed by atoms with Gasteiger partial charge in [0.15, 0.2) is 0 Å². The van der Waals surface area contributed by atoms with Gasteiger partial charge >= 0.3 is 58.4 Å². The minimum atomic E-state index is -5.16. The van der Waals surface area contributed by atoms with E-state index in [-0.39, 0.29) is 51.4 Å². The van der Waals surface area contributed by atoms with Gasteiger partial charge in [-0.3, -0.25) is 10.1 Å². The molecule has 9 heteroatoms. The molecule has 2 N–H and O–H groups in total. The summed E-state index contributed by atoms with van der Waals surface area (Å²) in [6, 6.07) is 1.96. The maximum absolute atomic E-state index is 12.1. The Labute approximate surface area is 126 Å². The van der Waals surface area contributed by atoms with E-state index in [2.05, 4.69) is 0 Å². The Morgan fingerprint density at radius 3 is 2.20 bits per heavy atom. The zero-order chi connectivity index (χ0) is 10.9. The van der Waals surface area contributed by atoms with Crippen LogP contribution in [0.15, 0.2) is 18.2 Å². The number of nitro groups is 1. The Morgan fingerprint density at radius 2 is 1.87 bits per heavy atom. The summed E-state index contributed by atoms with van der Waals surface area (Å²) in [5.74, 6) is 0. The summed E-state index contributed by atoms with van der Waals surface area (Å²) in [4.78, 5) is 9.40. The molecule has 0 fully saturated rings. The molecule has 0 saturated carbocycles. The minimum Gasteiger partial charge on any atom is -0.445 e. The summed E-state index contributed by atoms with van der Waals surface area (Å²) in [5.41, 5.74) is 3.15. The monoisotopic (exact) mass is 244 g/mol. The van der Waals surface area contributed by atoms with Crippen molar-refractivity contribution in [1.29, 1.82) is 0 Å². The van der Waals surface area contributed by atoms with Crippen LogP contribution in [-0.2, 0) is 0 Å². The molecule has 0 aliphatic heterocycles. The van der Waals surface area contributed by atoms with E-state index in [1.807, 2.05) is 0 Å². The molecule has 1 rings (SSSR count). The fourth-order valence-electron chi connectivity index (χ4n) is 0.943. The van der Waals surface area contributed by atoms with Crippen molar-refractivity contribution >= 4 is 23.8 Å². The number of benzene rings is 1. The fraction of sp³-hybridized carbons (Fsp3) is 0. The molecule has 0 unspecified atom stereocenters. The molecule has 15 heavy (non-hydrogen) atoms. The van der Waals surface area contributed by atoms with E-state index in [0.29, 0.717) is 12.1 Å². The number of rotatable bonds is 2. The third kappa shape index (κ3) is 3.76. The second-order valence-corrected chi connectivity index (χ2v) is 2.65. The molecule has 0 saturated heterocycles. The number of halogens is 3. The van der Waals surface area contributed by atoms with Crippen molar-refractivity contribution in [1.82, 2.24) is 0 Å². The van der Waals surface area contributed by atoms with E-state index in [1.165, 1.54) is 0 Å². The van der Waals surface area contributed by atoms with Crippen LogP contribution in [0.1, 0.15) is 0 Å². The quantitative estimate of drug-likeness (QED) is 0.290. The van der Waals surface area contributed by atoms with Crippen molar-refractivity contribution in [3.63, 3.8) is 0 Å². The summed E-state index contributed by atoms with van der Waals surface area (Å²) in [5, 5.41) is 10.2. The van der Waals surface area contributed by atoms with Gasteiger partial charge in [-0.25, -0.2) is 0 Å². The molecular formula is C6H5BF3KN2O2. The maximum atomic E-state index is 12.1. The number of nitro benzene ring substituents is 1. The molecule has 1 aromatic rings. The second kappa shape index (κ2) is 5.30. The molecule has 0 aromatic heterocycles. The maximum Gasteiger partial charge on any atom is 1.00 e. The normalized spacial score (nSPS) is 10.6. The molecule has 76 valence electrons. The molecule has 0 aliphatic rings. The summed E-state index contributed by atoms with van der Waals surface area (Å²) >= 11 is 0. The van der Waals surface area contributed by atoms with Crippen LogP contribution in [0, 0.1) is 10.1 Å². The third-order valence-electron chi connectivity index (χ3n) is 1.63. The van der Waals surface area contributed by atoms with E-state index in [0.717, 1.165) is 6.07 Å². The van der Waals surface area contributed by atoms with E-state index in [9.17, 15) is 23.1 Å². The van der Waals surface area contributed by atoms with Crippen molar-refractivity contribution in [2.24, 2.45) is 0 Å². The van der Waals surface area contributed by atoms with Gasteiger partial charge < -0.3 is 18.7 Å². The molecule has 0 amide bonds. The van der Waals surface area contributed by atoms with Gasteiger partial charge in [0.1, 0.15) is 5.69 Å². The first-order valence-corrected chi connectivity index (χ1v) is 3.56. The zero-order valence-corrected chi connectivity index (χ0v) is 10.9. The minimum absolute atomic E-state index is 0. The third-order valence-corrected chi connectivity index (χ3v) is 1.63. The van der Waals surface area contributed by atoms with Crippen LogP contribution in [0.25, 0.3) is 0 Å². The Bertz CT molecular complexity index is 385. The Hall–Kier alpha value is -0.0887. The molecule has 0 heterocycles. The molecule has 0 radical (unpaired) electrons. The zero-order valence-electron chi connectivity index (χ0n) is 7.78. The molecule has 1 aromatic carbocycles. The van der Waals surface area contributed by atoms with Crippen molar-refractivity contribution in [2.75, 3.05) is 5.73 Å². The number of anilines is 1. The number of hydrogen-bond donors (Lipinski definition) is 1. The van der Waals surface area contributed by atoms with Crippen LogP contribution in [0.4, 0.5) is 24.3 Å². The average Bonchev–Trinajstić information content (AvgIpc) is 2.01. The summed E-state index contributed by atoms with van der Waals surface area (Å²) in [7, 11) is 0. The van der Waals surface area contributed by atoms with Gasteiger partial charge in [0.2, 0.25) is 0 Å². The molecule has 0 spiro atoms. The number of nitrogens with zero attached hydrogens (tertiary/aromatic N) is 1. The standard InChI is InChI=1S/C6H5BF3N2O2.K/c8-7(9,10)4-1-2-6(12(13)14)5(11)3-4;/h1-3H,11H2;/q-1;+1. The number of hydrogen-bond acceptors (Lipinski definition) is 3. The molecule has 0 aliphatic carbocycles. The van der Waals surface area contributed by atoms with E-state index < -0.39 is 28.7 Å². The predicted molar refractivity (Wildman–Crippen MR) is 46.2 cm³/mol. The van der Waals surface area contributed by atoms with Crippen molar-refractivity contribution in [2.45, 2.75) is 0 Å². The van der Waals surface area contributed by atoms with Crippen molar-refractivity contribution in [3.05, 3.63) is 28.3 Å². The van der Waals surface area contributed by atoms with Gasteiger partial charge in [0.05, 0.1) is 4.92 Å². The average molecular weight is 244 g/mol.